The first-order valence-corrected chi connectivity index (χ1v) is 8.24. The lowest BCUT2D eigenvalue weighted by Gasteiger charge is -2.22. The smallest absolute Gasteiger partial charge is 0.252 e. The van der Waals surface area contributed by atoms with Crippen molar-refractivity contribution >= 4 is 56.2 Å². The average Bonchev–Trinajstić information content (AvgIpc) is 2.29. The molecule has 2 nitrogen and oxygen atoms in total. The van der Waals surface area contributed by atoms with Gasteiger partial charge in [0, 0.05) is 19.3 Å². The van der Waals surface area contributed by atoms with E-state index in [0.717, 1.165) is 13.6 Å². The summed E-state index contributed by atoms with van der Waals surface area (Å²) in [5.74, 6) is -0.0159. The minimum Gasteiger partial charge on any atom is -0.351 e. The van der Waals surface area contributed by atoms with E-state index in [1.54, 1.807) is 11.8 Å². The van der Waals surface area contributed by atoms with Crippen LogP contribution in [0.25, 0.3) is 0 Å². The molecule has 0 aliphatic rings. The fourth-order valence-corrected chi connectivity index (χ4v) is 2.29. The molecule has 0 saturated carbocycles. The van der Waals surface area contributed by atoms with Gasteiger partial charge in [-0.1, -0.05) is 15.9 Å². The molecule has 1 aromatic rings. The van der Waals surface area contributed by atoms with Gasteiger partial charge < -0.3 is 5.32 Å². The largest absolute Gasteiger partial charge is 0.351 e. The van der Waals surface area contributed by atoms with E-state index in [-0.39, 0.29) is 10.7 Å². The van der Waals surface area contributed by atoms with Crippen molar-refractivity contribution < 1.29 is 4.79 Å². The third-order valence-corrected chi connectivity index (χ3v) is 5.08. The van der Waals surface area contributed by atoms with Gasteiger partial charge in [-0.25, -0.2) is 0 Å². The Balaban J connectivity index is 2.74. The molecule has 0 aliphatic heterocycles. The number of nitrogens with one attached hydrogen (secondary N) is 1. The molecule has 1 amide bonds. The highest BCUT2D eigenvalue weighted by molar-refractivity contribution is 14.1. The predicted molar refractivity (Wildman–Crippen MR) is 86.8 cm³/mol. The number of hydrogen-bond acceptors (Lipinski definition) is 2. The summed E-state index contributed by atoms with van der Waals surface area (Å²) in [7, 11) is 0. The van der Waals surface area contributed by atoms with Gasteiger partial charge in [0.25, 0.3) is 5.91 Å². The second-order valence-electron chi connectivity index (χ2n) is 4.27. The highest BCUT2D eigenvalue weighted by Gasteiger charge is 2.18. The van der Waals surface area contributed by atoms with E-state index in [1.165, 1.54) is 0 Å². The van der Waals surface area contributed by atoms with Gasteiger partial charge in [0.15, 0.2) is 0 Å². The van der Waals surface area contributed by atoms with E-state index >= 15 is 0 Å². The molecule has 0 aliphatic carbocycles. The van der Waals surface area contributed by atoms with Crippen molar-refractivity contribution in [3.8, 4) is 0 Å². The standard InChI is InChI=1S/C12H15BrINOS/c1-12(2,17-3)7-15-11(16)9-6-8(13)4-5-10(9)14/h4-6H,7H2,1-3H3,(H,15,16). The van der Waals surface area contributed by atoms with Crippen LogP contribution in [-0.4, -0.2) is 23.5 Å². The molecule has 0 saturated heterocycles. The van der Waals surface area contributed by atoms with Gasteiger partial charge >= 0.3 is 0 Å². The van der Waals surface area contributed by atoms with Crippen molar-refractivity contribution in [1.29, 1.82) is 0 Å². The lowest BCUT2D eigenvalue weighted by molar-refractivity contribution is 0.0950. The summed E-state index contributed by atoms with van der Waals surface area (Å²) >= 11 is 7.30. The van der Waals surface area contributed by atoms with Crippen LogP contribution in [0.15, 0.2) is 22.7 Å². The third-order valence-electron chi connectivity index (χ3n) is 2.40. The molecular weight excluding hydrogens is 413 g/mol. The molecule has 1 N–H and O–H groups in total. The fraction of sp³-hybridized carbons (Fsp3) is 0.417. The van der Waals surface area contributed by atoms with E-state index in [9.17, 15) is 4.79 Å². The van der Waals surface area contributed by atoms with Crippen LogP contribution in [-0.2, 0) is 0 Å². The van der Waals surface area contributed by atoms with Crippen LogP contribution in [0.4, 0.5) is 0 Å². The van der Waals surface area contributed by atoms with Gasteiger partial charge in [-0.15, -0.1) is 0 Å². The van der Waals surface area contributed by atoms with Crippen LogP contribution in [0.2, 0.25) is 0 Å². The zero-order valence-corrected chi connectivity index (χ0v) is 14.6. The van der Waals surface area contributed by atoms with Gasteiger partial charge in [-0.05, 0) is 60.9 Å². The summed E-state index contributed by atoms with van der Waals surface area (Å²) in [6.45, 7) is 4.89. The Kier molecular flexibility index (Phi) is 5.79. The molecule has 0 radical (unpaired) electrons. The van der Waals surface area contributed by atoms with E-state index in [0.29, 0.717) is 6.54 Å². The molecule has 94 valence electrons. The Labute approximate surface area is 129 Å². The molecule has 1 aromatic carbocycles. The number of hydrogen-bond donors (Lipinski definition) is 1. The van der Waals surface area contributed by atoms with Crippen LogP contribution in [0.1, 0.15) is 24.2 Å². The number of rotatable bonds is 4. The number of carbonyl (C=O) groups excluding carboxylic acids is 1. The summed E-state index contributed by atoms with van der Waals surface area (Å²) in [5, 5.41) is 2.97. The molecule has 17 heavy (non-hydrogen) atoms. The molecule has 0 bridgehead atoms. The molecule has 0 unspecified atom stereocenters. The molecule has 0 atom stereocenters. The highest BCUT2D eigenvalue weighted by atomic mass is 127. The van der Waals surface area contributed by atoms with Crippen LogP contribution in [0, 0.1) is 3.57 Å². The second-order valence-corrected chi connectivity index (χ2v) is 7.86. The van der Waals surface area contributed by atoms with Crippen molar-refractivity contribution in [1.82, 2.24) is 5.32 Å². The molecule has 0 fully saturated rings. The zero-order valence-electron chi connectivity index (χ0n) is 10.0. The number of halogens is 2. The molecular formula is C12H15BrINOS. The fourth-order valence-electron chi connectivity index (χ4n) is 1.13. The van der Waals surface area contributed by atoms with Gasteiger partial charge in [-0.2, -0.15) is 11.8 Å². The normalized spacial score (nSPS) is 11.4. The summed E-state index contributed by atoms with van der Waals surface area (Å²) in [6, 6.07) is 5.72. The van der Waals surface area contributed by atoms with Crippen LogP contribution >= 0.6 is 50.3 Å². The maximum atomic E-state index is 12.0. The summed E-state index contributed by atoms with van der Waals surface area (Å²) in [6.07, 6.45) is 2.05. The summed E-state index contributed by atoms with van der Waals surface area (Å²) in [5.41, 5.74) is 0.719. The van der Waals surface area contributed by atoms with Gasteiger partial charge in [0.05, 0.1) is 5.56 Å². The maximum Gasteiger partial charge on any atom is 0.252 e. The first-order valence-electron chi connectivity index (χ1n) is 5.14. The van der Waals surface area contributed by atoms with E-state index in [1.807, 2.05) is 18.2 Å². The number of benzene rings is 1. The van der Waals surface area contributed by atoms with Crippen LogP contribution in [0.5, 0.6) is 0 Å². The van der Waals surface area contributed by atoms with Gasteiger partial charge in [0.1, 0.15) is 0 Å². The maximum absolute atomic E-state index is 12.0. The first-order chi connectivity index (χ1) is 7.85. The lowest BCUT2D eigenvalue weighted by atomic mass is 10.2. The van der Waals surface area contributed by atoms with E-state index in [2.05, 4.69) is 63.9 Å². The Bertz CT molecular complexity index is 423. The third kappa shape index (κ3) is 4.79. The topological polar surface area (TPSA) is 29.1 Å². The Morgan fingerprint density at radius 1 is 1.53 bits per heavy atom. The van der Waals surface area contributed by atoms with E-state index < -0.39 is 0 Å². The molecule has 1 rings (SSSR count). The number of carbonyl (C=O) groups is 1. The monoisotopic (exact) mass is 427 g/mol. The summed E-state index contributed by atoms with van der Waals surface area (Å²) < 4.78 is 1.95. The van der Waals surface area contributed by atoms with Gasteiger partial charge in [0.2, 0.25) is 0 Å². The molecule has 0 aromatic heterocycles. The predicted octanol–water partition coefficient (Wildman–Crippen LogP) is 3.93. The summed E-state index contributed by atoms with van der Waals surface area (Å²) in [4.78, 5) is 12.0. The quantitative estimate of drug-likeness (QED) is 0.737. The van der Waals surface area contributed by atoms with Crippen molar-refractivity contribution in [3.63, 3.8) is 0 Å². The van der Waals surface area contributed by atoms with Crippen molar-refractivity contribution in [2.24, 2.45) is 0 Å². The van der Waals surface area contributed by atoms with Gasteiger partial charge in [-0.3, -0.25) is 4.79 Å². The number of thioether (sulfide) groups is 1. The minimum atomic E-state index is -0.0159. The van der Waals surface area contributed by atoms with E-state index in [4.69, 9.17) is 0 Å². The zero-order chi connectivity index (χ0) is 13.1. The van der Waals surface area contributed by atoms with Crippen molar-refractivity contribution in [3.05, 3.63) is 31.8 Å². The molecule has 0 spiro atoms. The Hall–Kier alpha value is 0.250. The van der Waals surface area contributed by atoms with Crippen LogP contribution < -0.4 is 5.32 Å². The van der Waals surface area contributed by atoms with Crippen molar-refractivity contribution in [2.75, 3.05) is 12.8 Å². The Morgan fingerprint density at radius 2 is 2.18 bits per heavy atom. The lowest BCUT2D eigenvalue weighted by Crippen LogP contribution is -2.36. The molecule has 5 heteroatoms. The van der Waals surface area contributed by atoms with Crippen LogP contribution in [0.3, 0.4) is 0 Å². The minimum absolute atomic E-state index is 0.0159. The first kappa shape index (κ1) is 15.3. The SMILES string of the molecule is CSC(C)(C)CNC(=O)c1cc(Br)ccc1I. The average molecular weight is 428 g/mol. The van der Waals surface area contributed by atoms with Crippen molar-refractivity contribution in [2.45, 2.75) is 18.6 Å². The number of amides is 1. The second kappa shape index (κ2) is 6.43. The molecule has 0 heterocycles. The Morgan fingerprint density at radius 3 is 2.76 bits per heavy atom. The highest BCUT2D eigenvalue weighted by Crippen LogP contribution is 2.21.